The van der Waals surface area contributed by atoms with Crippen molar-refractivity contribution in [1.82, 2.24) is 10.3 Å². The molecule has 1 amide bonds. The Morgan fingerprint density at radius 2 is 2.32 bits per heavy atom. The Morgan fingerprint density at radius 1 is 1.47 bits per heavy atom. The van der Waals surface area contributed by atoms with Crippen LogP contribution in [-0.4, -0.2) is 17.0 Å². The van der Waals surface area contributed by atoms with E-state index < -0.39 is 6.10 Å². The van der Waals surface area contributed by atoms with Gasteiger partial charge in [-0.2, -0.15) is 0 Å². The number of ether oxygens (including phenoxy) is 1. The van der Waals surface area contributed by atoms with E-state index in [2.05, 4.69) is 10.3 Å². The number of aromatic amines is 1. The Balaban J connectivity index is 1.85. The highest BCUT2D eigenvalue weighted by Gasteiger charge is 2.14. The van der Waals surface area contributed by atoms with Gasteiger partial charge in [0.05, 0.1) is 0 Å². The van der Waals surface area contributed by atoms with Crippen molar-refractivity contribution in [3.63, 3.8) is 0 Å². The van der Waals surface area contributed by atoms with Gasteiger partial charge in [-0.05, 0) is 36.8 Å². The van der Waals surface area contributed by atoms with Crippen LogP contribution in [0.3, 0.4) is 0 Å². The maximum atomic E-state index is 11.8. The van der Waals surface area contributed by atoms with Crippen LogP contribution < -0.4 is 10.1 Å². The van der Waals surface area contributed by atoms with E-state index in [9.17, 15) is 4.79 Å². The van der Waals surface area contributed by atoms with Gasteiger partial charge in [0, 0.05) is 24.0 Å². The molecule has 5 heteroatoms. The topological polar surface area (TPSA) is 54.1 Å². The van der Waals surface area contributed by atoms with Crippen LogP contribution in [0.25, 0.3) is 0 Å². The molecule has 0 bridgehead atoms. The molecule has 2 rings (SSSR count). The first-order chi connectivity index (χ1) is 9.15. The van der Waals surface area contributed by atoms with Gasteiger partial charge in [0.15, 0.2) is 6.10 Å². The molecule has 4 nitrogen and oxygen atoms in total. The molecule has 1 aromatic heterocycles. The summed E-state index contributed by atoms with van der Waals surface area (Å²) in [4.78, 5) is 14.8. The predicted octanol–water partition coefficient (Wildman–Crippen LogP) is 2.75. The zero-order chi connectivity index (χ0) is 13.7. The Bertz CT molecular complexity index is 540. The molecule has 0 saturated carbocycles. The Kier molecular flexibility index (Phi) is 4.47. The number of aromatic nitrogens is 1. The Hall–Kier alpha value is -1.94. The second kappa shape index (κ2) is 6.29. The summed E-state index contributed by atoms with van der Waals surface area (Å²) < 4.78 is 5.52. The highest BCUT2D eigenvalue weighted by molar-refractivity contribution is 6.30. The zero-order valence-electron chi connectivity index (χ0n) is 10.5. The fraction of sp³-hybridized carbons (Fsp3) is 0.214. The molecule has 1 aromatic carbocycles. The third-order valence-electron chi connectivity index (χ3n) is 2.61. The molecule has 0 spiro atoms. The van der Waals surface area contributed by atoms with Crippen LogP contribution in [0.5, 0.6) is 5.75 Å². The molecule has 2 N–H and O–H groups in total. The molecule has 19 heavy (non-hydrogen) atoms. The predicted molar refractivity (Wildman–Crippen MR) is 74.2 cm³/mol. The van der Waals surface area contributed by atoms with E-state index in [1.807, 2.05) is 18.5 Å². The number of halogens is 1. The maximum absolute atomic E-state index is 11.8. The number of hydrogen-bond donors (Lipinski definition) is 2. The normalized spacial score (nSPS) is 11.9. The molecule has 0 radical (unpaired) electrons. The second-order valence-corrected chi connectivity index (χ2v) is 4.59. The lowest BCUT2D eigenvalue weighted by Gasteiger charge is -2.14. The number of nitrogens with one attached hydrogen (secondary N) is 2. The fourth-order valence-electron chi connectivity index (χ4n) is 1.60. The average molecular weight is 279 g/mol. The van der Waals surface area contributed by atoms with Crippen LogP contribution in [0, 0.1) is 0 Å². The largest absolute Gasteiger partial charge is 0.481 e. The molecule has 2 aromatic rings. The molecule has 100 valence electrons. The highest BCUT2D eigenvalue weighted by Crippen LogP contribution is 2.18. The minimum absolute atomic E-state index is 0.166. The molecule has 1 atom stereocenters. The molecule has 1 heterocycles. The summed E-state index contributed by atoms with van der Waals surface area (Å²) in [6, 6.07) is 8.88. The number of rotatable bonds is 5. The van der Waals surface area contributed by atoms with Crippen molar-refractivity contribution < 1.29 is 9.53 Å². The summed E-state index contributed by atoms with van der Waals surface area (Å²) in [6.45, 7) is 2.18. The van der Waals surface area contributed by atoms with E-state index in [0.717, 1.165) is 5.56 Å². The van der Waals surface area contributed by atoms with E-state index in [0.29, 0.717) is 17.3 Å². The van der Waals surface area contributed by atoms with Crippen LogP contribution in [0.2, 0.25) is 5.02 Å². The standard InChI is InChI=1S/C14H15ClN2O2/c1-10(19-13-4-2-3-12(15)7-13)14(18)17-9-11-5-6-16-8-11/h2-8,10,16H,9H2,1H3,(H,17,18). The van der Waals surface area contributed by atoms with Crippen LogP contribution in [-0.2, 0) is 11.3 Å². The Labute approximate surface area is 116 Å². The average Bonchev–Trinajstić information content (AvgIpc) is 2.89. The van der Waals surface area contributed by atoms with Gasteiger partial charge >= 0.3 is 0 Å². The van der Waals surface area contributed by atoms with Crippen molar-refractivity contribution in [1.29, 1.82) is 0 Å². The first-order valence-electron chi connectivity index (χ1n) is 5.97. The second-order valence-electron chi connectivity index (χ2n) is 4.15. The van der Waals surface area contributed by atoms with Gasteiger partial charge in [-0.15, -0.1) is 0 Å². The summed E-state index contributed by atoms with van der Waals surface area (Å²) in [6.07, 6.45) is 3.08. The fourth-order valence-corrected chi connectivity index (χ4v) is 1.78. The van der Waals surface area contributed by atoms with Gasteiger partial charge in [-0.3, -0.25) is 4.79 Å². The van der Waals surface area contributed by atoms with Gasteiger partial charge in [0.1, 0.15) is 5.75 Å². The van der Waals surface area contributed by atoms with Crippen molar-refractivity contribution >= 4 is 17.5 Å². The minimum atomic E-state index is -0.572. The van der Waals surface area contributed by atoms with Gasteiger partial charge in [0.25, 0.3) is 5.91 Å². The van der Waals surface area contributed by atoms with Crippen LogP contribution in [0.15, 0.2) is 42.7 Å². The minimum Gasteiger partial charge on any atom is -0.481 e. The molecular formula is C14H15ClN2O2. The van der Waals surface area contributed by atoms with Crippen molar-refractivity contribution in [3.05, 3.63) is 53.3 Å². The summed E-state index contributed by atoms with van der Waals surface area (Å²) in [5.41, 5.74) is 1.02. The lowest BCUT2D eigenvalue weighted by Crippen LogP contribution is -2.35. The van der Waals surface area contributed by atoms with E-state index in [4.69, 9.17) is 16.3 Å². The molecule has 1 unspecified atom stereocenters. The van der Waals surface area contributed by atoms with Crippen LogP contribution in [0.4, 0.5) is 0 Å². The summed E-state index contributed by atoms with van der Waals surface area (Å²) in [5.74, 6) is 0.415. The first kappa shape index (κ1) is 13.5. The zero-order valence-corrected chi connectivity index (χ0v) is 11.3. The van der Waals surface area contributed by atoms with E-state index in [1.54, 1.807) is 31.2 Å². The monoisotopic (exact) mass is 278 g/mol. The third kappa shape index (κ3) is 4.03. The number of benzene rings is 1. The molecule has 0 aliphatic heterocycles. The quantitative estimate of drug-likeness (QED) is 0.884. The van der Waals surface area contributed by atoms with Crippen LogP contribution >= 0.6 is 11.6 Å². The number of hydrogen-bond acceptors (Lipinski definition) is 2. The lowest BCUT2D eigenvalue weighted by atomic mass is 10.3. The SMILES string of the molecule is CC(Oc1cccc(Cl)c1)C(=O)NCc1cc[nH]c1. The summed E-state index contributed by atoms with van der Waals surface area (Å²) in [7, 11) is 0. The molecule has 0 aliphatic rings. The van der Waals surface area contributed by atoms with Gasteiger partial charge in [-0.25, -0.2) is 0 Å². The van der Waals surface area contributed by atoms with Crippen LogP contribution in [0.1, 0.15) is 12.5 Å². The van der Waals surface area contributed by atoms with Gasteiger partial charge in [0.2, 0.25) is 0 Å². The van der Waals surface area contributed by atoms with Crippen molar-refractivity contribution in [3.8, 4) is 5.75 Å². The van der Waals surface area contributed by atoms with Crippen molar-refractivity contribution in [2.24, 2.45) is 0 Å². The number of carbonyl (C=O) groups is 1. The maximum Gasteiger partial charge on any atom is 0.261 e. The van der Waals surface area contributed by atoms with Crippen molar-refractivity contribution in [2.45, 2.75) is 19.6 Å². The summed E-state index contributed by atoms with van der Waals surface area (Å²) in [5, 5.41) is 3.38. The van der Waals surface area contributed by atoms with E-state index >= 15 is 0 Å². The summed E-state index contributed by atoms with van der Waals surface area (Å²) >= 11 is 5.85. The smallest absolute Gasteiger partial charge is 0.261 e. The number of carbonyl (C=O) groups excluding carboxylic acids is 1. The van der Waals surface area contributed by atoms with Gasteiger partial charge < -0.3 is 15.0 Å². The van der Waals surface area contributed by atoms with E-state index in [-0.39, 0.29) is 5.91 Å². The number of amides is 1. The highest BCUT2D eigenvalue weighted by atomic mass is 35.5. The third-order valence-corrected chi connectivity index (χ3v) is 2.84. The molecule has 0 aliphatic carbocycles. The van der Waals surface area contributed by atoms with E-state index in [1.165, 1.54) is 0 Å². The van der Waals surface area contributed by atoms with Crippen molar-refractivity contribution in [2.75, 3.05) is 0 Å². The molecule has 0 saturated heterocycles. The number of H-pyrrole nitrogens is 1. The molecule has 0 fully saturated rings. The Morgan fingerprint density at radius 3 is 3.00 bits per heavy atom. The molecular weight excluding hydrogens is 264 g/mol. The first-order valence-corrected chi connectivity index (χ1v) is 6.34. The lowest BCUT2D eigenvalue weighted by molar-refractivity contribution is -0.127. The van der Waals surface area contributed by atoms with Gasteiger partial charge in [-0.1, -0.05) is 17.7 Å².